The van der Waals surface area contributed by atoms with Crippen molar-refractivity contribution in [3.8, 4) is 0 Å². The van der Waals surface area contributed by atoms with Crippen molar-refractivity contribution in [2.75, 3.05) is 5.73 Å². The molecule has 1 aromatic heterocycles. The summed E-state index contributed by atoms with van der Waals surface area (Å²) < 4.78 is 5.29. The largest absolute Gasteiger partial charge is 0.458 e. The van der Waals surface area contributed by atoms with Crippen LogP contribution >= 0.6 is 0 Å². The number of furan rings is 1. The Morgan fingerprint density at radius 1 is 1.18 bits per heavy atom. The Labute approximate surface area is 128 Å². The summed E-state index contributed by atoms with van der Waals surface area (Å²) in [5.74, 6) is 1.10. The SMILES string of the molecule is Cc1ccc(C(=N)N=C(N)/C=C\C(=N)c2cccc(N)c2)o1. The summed E-state index contributed by atoms with van der Waals surface area (Å²) in [6, 6.07) is 10.4. The Balaban J connectivity index is 2.07. The molecule has 0 saturated heterocycles. The third kappa shape index (κ3) is 3.92. The van der Waals surface area contributed by atoms with Crippen LogP contribution in [0.25, 0.3) is 0 Å². The first-order valence-electron chi connectivity index (χ1n) is 6.58. The fraction of sp³-hybridized carbons (Fsp3) is 0.0625. The van der Waals surface area contributed by atoms with E-state index >= 15 is 0 Å². The van der Waals surface area contributed by atoms with Crippen LogP contribution < -0.4 is 11.5 Å². The monoisotopic (exact) mass is 295 g/mol. The highest BCUT2D eigenvalue weighted by Crippen LogP contribution is 2.09. The van der Waals surface area contributed by atoms with Gasteiger partial charge in [0.1, 0.15) is 11.6 Å². The number of nitrogen functional groups attached to an aromatic ring is 1. The average Bonchev–Trinajstić information content (AvgIpc) is 2.91. The van der Waals surface area contributed by atoms with Crippen molar-refractivity contribution in [3.05, 3.63) is 65.6 Å². The number of aryl methyl sites for hydroxylation is 1. The molecule has 1 aromatic carbocycles. The van der Waals surface area contributed by atoms with E-state index in [-0.39, 0.29) is 17.4 Å². The van der Waals surface area contributed by atoms with E-state index in [4.69, 9.17) is 26.7 Å². The minimum atomic E-state index is -0.0641. The molecule has 0 bridgehead atoms. The van der Waals surface area contributed by atoms with Gasteiger partial charge >= 0.3 is 0 Å². The molecular formula is C16H17N5O. The second-order valence-corrected chi connectivity index (χ2v) is 4.67. The van der Waals surface area contributed by atoms with Crippen LogP contribution in [0.5, 0.6) is 0 Å². The van der Waals surface area contributed by atoms with Crippen molar-refractivity contribution in [3.63, 3.8) is 0 Å². The topological polar surface area (TPSA) is 125 Å². The van der Waals surface area contributed by atoms with E-state index in [1.54, 1.807) is 43.3 Å². The number of hydrogen-bond acceptors (Lipinski definition) is 4. The summed E-state index contributed by atoms with van der Waals surface area (Å²) in [5.41, 5.74) is 12.9. The molecule has 112 valence electrons. The fourth-order valence-corrected chi connectivity index (χ4v) is 1.75. The van der Waals surface area contributed by atoms with E-state index in [9.17, 15) is 0 Å². The second kappa shape index (κ2) is 6.53. The molecule has 6 N–H and O–H groups in total. The molecule has 6 nitrogen and oxygen atoms in total. The van der Waals surface area contributed by atoms with Gasteiger partial charge in [-0.2, -0.15) is 0 Å². The molecule has 2 aromatic rings. The minimum Gasteiger partial charge on any atom is -0.458 e. The summed E-state index contributed by atoms with van der Waals surface area (Å²) in [4.78, 5) is 3.92. The lowest BCUT2D eigenvalue weighted by Crippen LogP contribution is -2.12. The van der Waals surface area contributed by atoms with Crippen molar-refractivity contribution in [1.29, 1.82) is 10.8 Å². The number of nitrogens with zero attached hydrogens (tertiary/aromatic N) is 1. The molecule has 1 heterocycles. The minimum absolute atomic E-state index is 0.0641. The number of anilines is 1. The number of benzene rings is 1. The van der Waals surface area contributed by atoms with Gasteiger partial charge < -0.3 is 21.3 Å². The zero-order chi connectivity index (χ0) is 16.1. The van der Waals surface area contributed by atoms with E-state index in [1.165, 1.54) is 12.2 Å². The van der Waals surface area contributed by atoms with Crippen LogP contribution in [0.1, 0.15) is 17.1 Å². The predicted molar refractivity (Wildman–Crippen MR) is 88.7 cm³/mol. The lowest BCUT2D eigenvalue weighted by Gasteiger charge is -2.00. The van der Waals surface area contributed by atoms with E-state index < -0.39 is 0 Å². The quantitative estimate of drug-likeness (QED) is 0.393. The van der Waals surface area contributed by atoms with Crippen LogP contribution in [0, 0.1) is 17.7 Å². The van der Waals surface area contributed by atoms with Gasteiger partial charge in [0, 0.05) is 11.3 Å². The molecule has 0 spiro atoms. The van der Waals surface area contributed by atoms with E-state index in [0.717, 1.165) is 0 Å². The first-order chi connectivity index (χ1) is 10.5. The zero-order valence-electron chi connectivity index (χ0n) is 12.1. The van der Waals surface area contributed by atoms with Gasteiger partial charge in [0.25, 0.3) is 0 Å². The van der Waals surface area contributed by atoms with Gasteiger partial charge in [-0.1, -0.05) is 12.1 Å². The normalized spacial score (nSPS) is 11.8. The first kappa shape index (κ1) is 15.2. The number of aliphatic imine (C=N–C) groups is 1. The summed E-state index contributed by atoms with van der Waals surface area (Å²) in [6.45, 7) is 1.79. The maximum absolute atomic E-state index is 7.94. The van der Waals surface area contributed by atoms with E-state index in [0.29, 0.717) is 22.8 Å². The van der Waals surface area contributed by atoms with Gasteiger partial charge in [0.2, 0.25) is 0 Å². The smallest absolute Gasteiger partial charge is 0.190 e. The molecule has 0 aliphatic rings. The molecule has 0 aliphatic carbocycles. The van der Waals surface area contributed by atoms with E-state index in [1.807, 2.05) is 0 Å². The standard InChI is InChI=1S/C16H17N5O/c1-10-5-7-14(22-10)16(20)21-15(19)8-6-13(18)11-3-2-4-12(17)9-11/h2-9,18H,17H2,1H3,(H3,19,20,21)/b8-6-,18-13?. The number of rotatable bonds is 4. The first-order valence-corrected chi connectivity index (χ1v) is 6.58. The van der Waals surface area contributed by atoms with Crippen LogP contribution in [0.15, 0.2) is 58.0 Å². The van der Waals surface area contributed by atoms with Crippen molar-refractivity contribution in [2.24, 2.45) is 10.7 Å². The molecule has 0 radical (unpaired) electrons. The van der Waals surface area contributed by atoms with Crippen LogP contribution in [0.2, 0.25) is 0 Å². The van der Waals surface area contributed by atoms with Crippen LogP contribution in [-0.2, 0) is 0 Å². The number of allylic oxidation sites excluding steroid dienone is 1. The van der Waals surface area contributed by atoms with Gasteiger partial charge in [-0.25, -0.2) is 4.99 Å². The maximum atomic E-state index is 7.94. The van der Waals surface area contributed by atoms with Crippen molar-refractivity contribution in [1.82, 2.24) is 0 Å². The van der Waals surface area contributed by atoms with Gasteiger partial charge in [0.05, 0.1) is 5.71 Å². The Bertz CT molecular complexity index is 770. The third-order valence-electron chi connectivity index (χ3n) is 2.83. The van der Waals surface area contributed by atoms with Gasteiger partial charge in [-0.15, -0.1) is 0 Å². The maximum Gasteiger partial charge on any atom is 0.190 e. The molecule has 22 heavy (non-hydrogen) atoms. The molecule has 0 atom stereocenters. The Morgan fingerprint density at radius 3 is 2.59 bits per heavy atom. The molecular weight excluding hydrogens is 278 g/mol. The summed E-state index contributed by atoms with van der Waals surface area (Å²) in [5, 5.41) is 15.7. The van der Waals surface area contributed by atoms with E-state index in [2.05, 4.69) is 4.99 Å². The number of amidine groups is 2. The lowest BCUT2D eigenvalue weighted by atomic mass is 10.1. The second-order valence-electron chi connectivity index (χ2n) is 4.67. The van der Waals surface area contributed by atoms with Gasteiger partial charge in [-0.3, -0.25) is 5.41 Å². The predicted octanol–water partition coefficient (Wildman–Crippen LogP) is 2.48. The average molecular weight is 295 g/mol. The molecule has 0 unspecified atom stereocenters. The highest BCUT2D eigenvalue weighted by Gasteiger charge is 2.04. The van der Waals surface area contributed by atoms with Crippen LogP contribution in [0.4, 0.5) is 5.69 Å². The van der Waals surface area contributed by atoms with Gasteiger partial charge in [-0.05, 0) is 43.3 Å². The van der Waals surface area contributed by atoms with Crippen molar-refractivity contribution in [2.45, 2.75) is 6.92 Å². The van der Waals surface area contributed by atoms with Crippen molar-refractivity contribution < 1.29 is 4.42 Å². The molecule has 0 saturated carbocycles. The van der Waals surface area contributed by atoms with Crippen LogP contribution in [-0.4, -0.2) is 17.4 Å². The summed E-state index contributed by atoms with van der Waals surface area (Å²) in [7, 11) is 0. The highest BCUT2D eigenvalue weighted by atomic mass is 16.3. The number of nitrogens with two attached hydrogens (primary N) is 2. The number of hydrogen-bond donors (Lipinski definition) is 4. The Hall–Kier alpha value is -3.15. The lowest BCUT2D eigenvalue weighted by molar-refractivity contribution is 0.524. The fourth-order valence-electron chi connectivity index (χ4n) is 1.75. The molecule has 0 fully saturated rings. The molecule has 0 aliphatic heterocycles. The zero-order valence-corrected chi connectivity index (χ0v) is 12.1. The number of nitrogens with one attached hydrogen (secondary N) is 2. The highest BCUT2D eigenvalue weighted by molar-refractivity contribution is 6.12. The Kier molecular flexibility index (Phi) is 4.53. The van der Waals surface area contributed by atoms with Crippen molar-refractivity contribution >= 4 is 23.1 Å². The van der Waals surface area contributed by atoms with Crippen LogP contribution in [0.3, 0.4) is 0 Å². The molecule has 0 amide bonds. The summed E-state index contributed by atoms with van der Waals surface area (Å²) >= 11 is 0. The molecule has 6 heteroatoms. The summed E-state index contributed by atoms with van der Waals surface area (Å²) in [6.07, 6.45) is 2.98. The third-order valence-corrected chi connectivity index (χ3v) is 2.83. The Morgan fingerprint density at radius 2 is 1.95 bits per heavy atom. The molecule has 2 rings (SSSR count). The van der Waals surface area contributed by atoms with Gasteiger partial charge in [0.15, 0.2) is 11.6 Å².